The molecular weight excluding hydrogens is 242 g/mol. The number of likely N-dealkylation sites (N-methyl/N-ethyl adjacent to an activating group) is 1. The monoisotopic (exact) mass is 261 g/mol. The summed E-state index contributed by atoms with van der Waals surface area (Å²) in [6.07, 6.45) is 1.05. The summed E-state index contributed by atoms with van der Waals surface area (Å²) in [4.78, 5) is 10.5. The number of aryl methyl sites for hydroxylation is 1. The quantitative estimate of drug-likeness (QED) is 0.898. The summed E-state index contributed by atoms with van der Waals surface area (Å²) in [5.74, 6) is 1.34. The minimum Gasteiger partial charge on any atom is -0.319 e. The smallest absolute Gasteiger partial charge is 0.133 e. The van der Waals surface area contributed by atoms with E-state index < -0.39 is 0 Å². The maximum atomic E-state index is 4.73. The number of hydrogen-bond donors (Lipinski definition) is 1. The molecule has 0 saturated carbocycles. The van der Waals surface area contributed by atoms with Crippen molar-refractivity contribution in [1.29, 1.82) is 0 Å². The molecule has 1 N–H and O–H groups in total. The lowest BCUT2D eigenvalue weighted by Gasteiger charge is -2.14. The zero-order chi connectivity index (χ0) is 13.0. The van der Waals surface area contributed by atoms with E-state index in [1.807, 2.05) is 14.0 Å². The third kappa shape index (κ3) is 2.94. The molecule has 2 aromatic rings. The number of nitrogens with zero attached hydrogens (tertiary/aromatic N) is 2. The molecule has 0 aliphatic rings. The number of nitrogens with one attached hydrogen (secondary N) is 1. The van der Waals surface area contributed by atoms with Gasteiger partial charge in [-0.15, -0.1) is 11.3 Å². The van der Waals surface area contributed by atoms with Gasteiger partial charge in [-0.25, -0.2) is 9.97 Å². The Hall–Kier alpha value is -1.26. The van der Waals surface area contributed by atoms with Gasteiger partial charge in [0.2, 0.25) is 0 Å². The number of aromatic nitrogens is 2. The minimum absolute atomic E-state index is 0.383. The van der Waals surface area contributed by atoms with Crippen molar-refractivity contribution in [2.24, 2.45) is 0 Å². The van der Waals surface area contributed by atoms with E-state index in [0.717, 1.165) is 30.2 Å². The molecule has 3 nitrogen and oxygen atoms in total. The molecule has 0 radical (unpaired) electrons. The fraction of sp³-hybridized carbons (Fsp3) is 0.429. The first-order valence-corrected chi connectivity index (χ1v) is 7.16. The van der Waals surface area contributed by atoms with Crippen molar-refractivity contribution in [2.45, 2.75) is 26.2 Å². The van der Waals surface area contributed by atoms with E-state index in [1.165, 1.54) is 4.88 Å². The van der Waals surface area contributed by atoms with Crippen LogP contribution in [-0.4, -0.2) is 23.6 Å². The molecule has 0 bridgehead atoms. The van der Waals surface area contributed by atoms with E-state index in [2.05, 4.69) is 40.8 Å². The van der Waals surface area contributed by atoms with E-state index in [1.54, 1.807) is 11.3 Å². The van der Waals surface area contributed by atoms with E-state index in [4.69, 9.17) is 4.98 Å². The van der Waals surface area contributed by atoms with Crippen LogP contribution in [0.2, 0.25) is 0 Å². The lowest BCUT2D eigenvalue weighted by molar-refractivity contribution is 0.579. The Labute approximate surface area is 112 Å². The Balaban J connectivity index is 2.37. The van der Waals surface area contributed by atoms with Crippen LogP contribution in [-0.2, 0) is 0 Å². The van der Waals surface area contributed by atoms with Crippen LogP contribution in [0.1, 0.15) is 30.8 Å². The van der Waals surface area contributed by atoms with Crippen LogP contribution in [0.15, 0.2) is 23.6 Å². The molecule has 96 valence electrons. The zero-order valence-electron chi connectivity index (χ0n) is 11.1. The van der Waals surface area contributed by atoms with Crippen LogP contribution in [0.3, 0.4) is 0 Å². The molecular formula is C14H19N3S. The van der Waals surface area contributed by atoms with Crippen molar-refractivity contribution in [3.8, 4) is 10.6 Å². The number of thiophene rings is 1. The summed E-state index contributed by atoms with van der Waals surface area (Å²) in [5.41, 5.74) is 2.08. The SMILES string of the molecule is CCC(CNC)c1nc(C)cc(-c2cccs2)n1. The maximum absolute atomic E-state index is 4.73. The van der Waals surface area contributed by atoms with Crippen LogP contribution in [0.4, 0.5) is 0 Å². The topological polar surface area (TPSA) is 37.8 Å². The van der Waals surface area contributed by atoms with Gasteiger partial charge in [0, 0.05) is 18.2 Å². The molecule has 4 heteroatoms. The Morgan fingerprint density at radius 1 is 1.39 bits per heavy atom. The summed E-state index contributed by atoms with van der Waals surface area (Å²) in [6, 6.07) is 6.22. The van der Waals surface area contributed by atoms with Crippen LogP contribution in [0.25, 0.3) is 10.6 Å². The van der Waals surface area contributed by atoms with E-state index in [0.29, 0.717) is 5.92 Å². The molecule has 2 heterocycles. The first-order chi connectivity index (χ1) is 8.74. The van der Waals surface area contributed by atoms with Gasteiger partial charge >= 0.3 is 0 Å². The molecule has 2 rings (SSSR count). The van der Waals surface area contributed by atoms with Gasteiger partial charge in [0.25, 0.3) is 0 Å². The zero-order valence-corrected chi connectivity index (χ0v) is 11.9. The van der Waals surface area contributed by atoms with Crippen LogP contribution < -0.4 is 5.32 Å². The molecule has 0 fully saturated rings. The highest BCUT2D eigenvalue weighted by molar-refractivity contribution is 7.13. The van der Waals surface area contributed by atoms with Crippen molar-refractivity contribution in [1.82, 2.24) is 15.3 Å². The molecule has 0 aliphatic carbocycles. The first-order valence-electron chi connectivity index (χ1n) is 6.28. The van der Waals surface area contributed by atoms with Gasteiger partial charge < -0.3 is 5.32 Å². The van der Waals surface area contributed by atoms with Crippen LogP contribution in [0.5, 0.6) is 0 Å². The Morgan fingerprint density at radius 3 is 2.83 bits per heavy atom. The summed E-state index contributed by atoms with van der Waals surface area (Å²) in [7, 11) is 1.97. The summed E-state index contributed by atoms with van der Waals surface area (Å²) >= 11 is 1.72. The minimum atomic E-state index is 0.383. The summed E-state index contributed by atoms with van der Waals surface area (Å²) in [5, 5.41) is 5.29. The predicted octanol–water partition coefficient (Wildman–Crippen LogP) is 3.23. The Bertz CT molecular complexity index is 494. The standard InChI is InChI=1S/C14H19N3S/c1-4-11(9-15-3)14-16-10(2)8-12(17-14)13-6-5-7-18-13/h5-8,11,15H,4,9H2,1-3H3. The third-order valence-electron chi connectivity index (χ3n) is 2.95. The Kier molecular flexibility index (Phi) is 4.44. The van der Waals surface area contributed by atoms with Crippen molar-refractivity contribution >= 4 is 11.3 Å². The lowest BCUT2D eigenvalue weighted by Crippen LogP contribution is -2.19. The van der Waals surface area contributed by atoms with Crippen molar-refractivity contribution in [2.75, 3.05) is 13.6 Å². The molecule has 18 heavy (non-hydrogen) atoms. The highest BCUT2D eigenvalue weighted by atomic mass is 32.1. The van der Waals surface area contributed by atoms with Crippen molar-refractivity contribution < 1.29 is 0 Å². The van der Waals surface area contributed by atoms with E-state index in [9.17, 15) is 0 Å². The van der Waals surface area contributed by atoms with E-state index >= 15 is 0 Å². The molecule has 0 spiro atoms. The van der Waals surface area contributed by atoms with Gasteiger partial charge in [-0.3, -0.25) is 0 Å². The molecule has 1 unspecified atom stereocenters. The highest BCUT2D eigenvalue weighted by Crippen LogP contribution is 2.25. The van der Waals surface area contributed by atoms with Gasteiger partial charge in [-0.05, 0) is 37.9 Å². The molecule has 0 aliphatic heterocycles. The predicted molar refractivity (Wildman–Crippen MR) is 77.0 cm³/mol. The van der Waals surface area contributed by atoms with Crippen molar-refractivity contribution in [3.05, 3.63) is 35.1 Å². The van der Waals surface area contributed by atoms with Gasteiger partial charge in [-0.2, -0.15) is 0 Å². The molecule has 1 atom stereocenters. The van der Waals surface area contributed by atoms with Gasteiger partial charge in [0.1, 0.15) is 5.82 Å². The Morgan fingerprint density at radius 2 is 2.22 bits per heavy atom. The molecule has 2 aromatic heterocycles. The second-order valence-electron chi connectivity index (χ2n) is 4.39. The third-order valence-corrected chi connectivity index (χ3v) is 3.85. The number of hydrogen-bond acceptors (Lipinski definition) is 4. The lowest BCUT2D eigenvalue weighted by atomic mass is 10.1. The fourth-order valence-electron chi connectivity index (χ4n) is 1.99. The highest BCUT2D eigenvalue weighted by Gasteiger charge is 2.14. The van der Waals surface area contributed by atoms with E-state index in [-0.39, 0.29) is 0 Å². The van der Waals surface area contributed by atoms with Crippen molar-refractivity contribution in [3.63, 3.8) is 0 Å². The largest absolute Gasteiger partial charge is 0.319 e. The fourth-order valence-corrected chi connectivity index (χ4v) is 2.68. The molecule has 0 saturated heterocycles. The second kappa shape index (κ2) is 6.07. The normalized spacial score (nSPS) is 12.6. The number of rotatable bonds is 5. The average Bonchev–Trinajstić information content (AvgIpc) is 2.89. The molecule has 0 aromatic carbocycles. The van der Waals surface area contributed by atoms with Gasteiger partial charge in [0.05, 0.1) is 10.6 Å². The second-order valence-corrected chi connectivity index (χ2v) is 5.34. The molecule has 0 amide bonds. The van der Waals surface area contributed by atoms with Gasteiger partial charge in [0.15, 0.2) is 0 Å². The summed E-state index contributed by atoms with van der Waals surface area (Å²) < 4.78 is 0. The van der Waals surface area contributed by atoms with Crippen LogP contribution >= 0.6 is 11.3 Å². The van der Waals surface area contributed by atoms with Crippen LogP contribution in [0, 0.1) is 6.92 Å². The van der Waals surface area contributed by atoms with Gasteiger partial charge in [-0.1, -0.05) is 13.0 Å². The average molecular weight is 261 g/mol. The first kappa shape index (κ1) is 13.2. The maximum Gasteiger partial charge on any atom is 0.133 e. The summed E-state index contributed by atoms with van der Waals surface area (Å²) in [6.45, 7) is 5.14.